The van der Waals surface area contributed by atoms with Crippen LogP contribution in [-0.4, -0.2) is 30.9 Å². The zero-order valence-corrected chi connectivity index (χ0v) is 14.7. The Balaban J connectivity index is 1.67. The van der Waals surface area contributed by atoms with E-state index in [0.717, 1.165) is 31.5 Å². The van der Waals surface area contributed by atoms with E-state index in [-0.39, 0.29) is 17.5 Å². The Kier molecular flexibility index (Phi) is 5.45. The molecule has 0 atom stereocenters. The van der Waals surface area contributed by atoms with Crippen LogP contribution in [0, 0.1) is 12.7 Å². The lowest BCUT2D eigenvalue weighted by Gasteiger charge is -2.23. The van der Waals surface area contributed by atoms with Crippen molar-refractivity contribution in [3.63, 3.8) is 0 Å². The average molecular weight is 361 g/mol. The Morgan fingerprint density at radius 2 is 1.96 bits per heavy atom. The topological polar surface area (TPSA) is 70.2 Å². The minimum Gasteiger partial charge on any atom is -0.349 e. The van der Waals surface area contributed by atoms with Crippen molar-refractivity contribution < 1.29 is 14.0 Å². The number of rotatable bonds is 4. The van der Waals surface area contributed by atoms with Crippen molar-refractivity contribution in [2.75, 3.05) is 18.4 Å². The molecule has 0 bridgehead atoms. The van der Waals surface area contributed by atoms with Crippen LogP contribution in [0.1, 0.15) is 38.4 Å². The second-order valence-corrected chi connectivity index (χ2v) is 7.14. The Bertz CT molecular complexity index is 784. The van der Waals surface area contributed by atoms with E-state index >= 15 is 0 Å². The number of aryl methyl sites for hydroxylation is 1. The summed E-state index contributed by atoms with van der Waals surface area (Å²) in [5, 5.41) is 9.61. The molecule has 7 heteroatoms. The molecule has 132 valence electrons. The fourth-order valence-corrected chi connectivity index (χ4v) is 3.77. The molecular formula is C18H20FN3O2S. The molecule has 2 heterocycles. The number of piperidine rings is 1. The van der Waals surface area contributed by atoms with Crippen LogP contribution in [0.25, 0.3) is 0 Å². The summed E-state index contributed by atoms with van der Waals surface area (Å²) in [7, 11) is 0. The summed E-state index contributed by atoms with van der Waals surface area (Å²) in [6, 6.07) is 7.45. The van der Waals surface area contributed by atoms with Crippen molar-refractivity contribution in [2.24, 2.45) is 0 Å². The van der Waals surface area contributed by atoms with Gasteiger partial charge in [-0.05, 0) is 62.7 Å². The quantitative estimate of drug-likeness (QED) is 0.784. The van der Waals surface area contributed by atoms with Gasteiger partial charge in [0.1, 0.15) is 5.82 Å². The van der Waals surface area contributed by atoms with Crippen LogP contribution in [-0.2, 0) is 0 Å². The maximum Gasteiger partial charge on any atom is 0.261 e. The van der Waals surface area contributed by atoms with Crippen molar-refractivity contribution in [1.29, 1.82) is 0 Å². The fourth-order valence-electron chi connectivity index (χ4n) is 2.80. The third kappa shape index (κ3) is 4.43. The molecular weight excluding hydrogens is 341 g/mol. The standard InChI is InChI=1S/C18H20FN3O2S/c1-11-9-15(22-17(23)12-3-2-4-13(19)10-12)25-16(11)18(24)21-14-5-7-20-8-6-14/h2-4,9-10,14,20H,5-8H2,1H3,(H,21,24)(H,22,23). The van der Waals surface area contributed by atoms with Gasteiger partial charge in [0.05, 0.1) is 9.88 Å². The fraction of sp³-hybridized carbons (Fsp3) is 0.333. The van der Waals surface area contributed by atoms with Gasteiger partial charge in [-0.15, -0.1) is 11.3 Å². The van der Waals surface area contributed by atoms with E-state index in [1.54, 1.807) is 12.1 Å². The number of carbonyl (C=O) groups excluding carboxylic acids is 2. The van der Waals surface area contributed by atoms with Gasteiger partial charge in [0, 0.05) is 11.6 Å². The summed E-state index contributed by atoms with van der Waals surface area (Å²) in [5.74, 6) is -0.969. The number of thiophene rings is 1. The van der Waals surface area contributed by atoms with Crippen LogP contribution in [0.15, 0.2) is 30.3 Å². The van der Waals surface area contributed by atoms with Gasteiger partial charge < -0.3 is 16.0 Å². The van der Waals surface area contributed by atoms with Crippen LogP contribution in [0.4, 0.5) is 9.39 Å². The second kappa shape index (κ2) is 7.76. The lowest BCUT2D eigenvalue weighted by atomic mass is 10.1. The zero-order valence-electron chi connectivity index (χ0n) is 13.9. The first-order chi connectivity index (χ1) is 12.0. The summed E-state index contributed by atoms with van der Waals surface area (Å²) >= 11 is 1.23. The van der Waals surface area contributed by atoms with Gasteiger partial charge in [0.2, 0.25) is 0 Å². The number of hydrogen-bond acceptors (Lipinski definition) is 4. The van der Waals surface area contributed by atoms with E-state index in [0.29, 0.717) is 9.88 Å². The highest BCUT2D eigenvalue weighted by molar-refractivity contribution is 7.18. The van der Waals surface area contributed by atoms with E-state index in [1.807, 2.05) is 6.92 Å². The molecule has 0 aliphatic carbocycles. The Hall–Kier alpha value is -2.25. The molecule has 1 fully saturated rings. The Morgan fingerprint density at radius 1 is 1.20 bits per heavy atom. The zero-order chi connectivity index (χ0) is 17.8. The summed E-state index contributed by atoms with van der Waals surface area (Å²) < 4.78 is 13.2. The van der Waals surface area contributed by atoms with Crippen LogP contribution in [0.2, 0.25) is 0 Å². The smallest absolute Gasteiger partial charge is 0.261 e. The van der Waals surface area contributed by atoms with Gasteiger partial charge in [0.25, 0.3) is 11.8 Å². The first kappa shape index (κ1) is 17.6. The maximum absolute atomic E-state index is 13.2. The Labute approximate surface area is 149 Å². The molecule has 25 heavy (non-hydrogen) atoms. The third-order valence-electron chi connectivity index (χ3n) is 4.12. The molecule has 2 aromatic rings. The molecule has 1 aromatic carbocycles. The van der Waals surface area contributed by atoms with Crippen molar-refractivity contribution in [3.05, 3.63) is 52.2 Å². The minimum absolute atomic E-state index is 0.111. The monoisotopic (exact) mass is 361 g/mol. The molecule has 3 N–H and O–H groups in total. The van der Waals surface area contributed by atoms with Gasteiger partial charge in [-0.1, -0.05) is 6.07 Å². The van der Waals surface area contributed by atoms with E-state index in [2.05, 4.69) is 16.0 Å². The molecule has 1 aliphatic heterocycles. The third-order valence-corrected chi connectivity index (χ3v) is 5.27. The van der Waals surface area contributed by atoms with Gasteiger partial charge in [-0.3, -0.25) is 9.59 Å². The highest BCUT2D eigenvalue weighted by atomic mass is 32.1. The van der Waals surface area contributed by atoms with Crippen molar-refractivity contribution in [1.82, 2.24) is 10.6 Å². The van der Waals surface area contributed by atoms with E-state index in [1.165, 1.54) is 29.5 Å². The lowest BCUT2D eigenvalue weighted by Crippen LogP contribution is -2.42. The number of amides is 2. The lowest BCUT2D eigenvalue weighted by molar-refractivity contribution is 0.0932. The molecule has 3 rings (SSSR count). The molecule has 0 unspecified atom stereocenters. The second-order valence-electron chi connectivity index (χ2n) is 6.08. The molecule has 5 nitrogen and oxygen atoms in total. The SMILES string of the molecule is Cc1cc(NC(=O)c2cccc(F)c2)sc1C(=O)NC1CCNCC1. The molecule has 1 saturated heterocycles. The van der Waals surface area contributed by atoms with Gasteiger partial charge >= 0.3 is 0 Å². The number of halogens is 1. The van der Waals surface area contributed by atoms with Gasteiger partial charge in [0.15, 0.2) is 0 Å². The van der Waals surface area contributed by atoms with E-state index in [4.69, 9.17) is 0 Å². The molecule has 1 aliphatic rings. The van der Waals surface area contributed by atoms with Crippen LogP contribution in [0.3, 0.4) is 0 Å². The Morgan fingerprint density at radius 3 is 2.68 bits per heavy atom. The van der Waals surface area contributed by atoms with Crippen molar-refractivity contribution in [3.8, 4) is 0 Å². The van der Waals surface area contributed by atoms with Crippen molar-refractivity contribution in [2.45, 2.75) is 25.8 Å². The summed E-state index contributed by atoms with van der Waals surface area (Å²) in [5.41, 5.74) is 1.05. The average Bonchev–Trinajstić information content (AvgIpc) is 2.96. The summed E-state index contributed by atoms with van der Waals surface area (Å²) in [6.07, 6.45) is 1.83. The minimum atomic E-state index is -0.461. The number of benzene rings is 1. The first-order valence-corrected chi connectivity index (χ1v) is 9.03. The van der Waals surface area contributed by atoms with Crippen LogP contribution >= 0.6 is 11.3 Å². The molecule has 0 radical (unpaired) electrons. The predicted octanol–water partition coefficient (Wildman–Crippen LogP) is 2.93. The highest BCUT2D eigenvalue weighted by Crippen LogP contribution is 2.27. The normalized spacial score (nSPS) is 15.0. The molecule has 0 spiro atoms. The predicted molar refractivity (Wildman–Crippen MR) is 96.8 cm³/mol. The summed E-state index contributed by atoms with van der Waals surface area (Å²) in [6.45, 7) is 3.65. The van der Waals surface area contributed by atoms with E-state index < -0.39 is 11.7 Å². The largest absolute Gasteiger partial charge is 0.349 e. The number of nitrogens with one attached hydrogen (secondary N) is 3. The number of carbonyl (C=O) groups is 2. The van der Waals surface area contributed by atoms with Crippen LogP contribution in [0.5, 0.6) is 0 Å². The number of hydrogen-bond donors (Lipinski definition) is 3. The van der Waals surface area contributed by atoms with Crippen molar-refractivity contribution >= 4 is 28.2 Å². The number of anilines is 1. The highest BCUT2D eigenvalue weighted by Gasteiger charge is 2.20. The van der Waals surface area contributed by atoms with E-state index in [9.17, 15) is 14.0 Å². The van der Waals surface area contributed by atoms with Crippen LogP contribution < -0.4 is 16.0 Å². The molecule has 2 amide bonds. The summed E-state index contributed by atoms with van der Waals surface area (Å²) in [4.78, 5) is 25.2. The first-order valence-electron chi connectivity index (χ1n) is 8.22. The van der Waals surface area contributed by atoms with Gasteiger partial charge in [-0.2, -0.15) is 0 Å². The molecule has 1 aromatic heterocycles. The maximum atomic E-state index is 13.2. The van der Waals surface area contributed by atoms with Gasteiger partial charge in [-0.25, -0.2) is 4.39 Å². The molecule has 0 saturated carbocycles.